The fourth-order valence-corrected chi connectivity index (χ4v) is 4.19. The molecule has 1 aliphatic heterocycles. The van der Waals surface area contributed by atoms with E-state index in [2.05, 4.69) is 22.5 Å². The third kappa shape index (κ3) is 8.68. The van der Waals surface area contributed by atoms with Crippen LogP contribution in [-0.2, 0) is 20.9 Å². The highest BCUT2D eigenvalue weighted by atomic mass is 19.1. The minimum Gasteiger partial charge on any atom is -0.457 e. The summed E-state index contributed by atoms with van der Waals surface area (Å²) in [5, 5.41) is 5.71. The molecule has 1 heterocycles. The van der Waals surface area contributed by atoms with E-state index in [9.17, 15) is 14.0 Å². The highest BCUT2D eigenvalue weighted by Gasteiger charge is 2.24. The smallest absolute Gasteiger partial charge is 0.249 e. The van der Waals surface area contributed by atoms with Gasteiger partial charge in [0.05, 0.1) is 19.8 Å². The standard InChI is InChI=1S/C30H34FN3O4/c1-22-15-17-34(18-16-22)19-29(35)33-28(21-37-20-23-5-3-2-4-6-23)30(36)32-25-9-13-27(14-10-25)38-26-11-7-24(31)8-12-26/h2-14,22,28H,15-21H2,1H3,(H,32,36)(H,33,35)/t28-/m0/s1. The molecule has 2 amide bonds. The molecule has 8 heteroatoms. The first kappa shape index (κ1) is 27.3. The molecule has 200 valence electrons. The lowest BCUT2D eigenvalue weighted by molar-refractivity contribution is -0.128. The van der Waals surface area contributed by atoms with Crippen LogP contribution in [0.15, 0.2) is 78.9 Å². The Morgan fingerprint density at radius 1 is 0.947 bits per heavy atom. The summed E-state index contributed by atoms with van der Waals surface area (Å²) in [6.07, 6.45) is 2.14. The molecule has 0 saturated carbocycles. The number of carbonyl (C=O) groups excluding carboxylic acids is 2. The van der Waals surface area contributed by atoms with Crippen LogP contribution in [0.25, 0.3) is 0 Å². The summed E-state index contributed by atoms with van der Waals surface area (Å²) in [6.45, 7) is 4.60. The molecule has 3 aromatic rings. The molecule has 0 aliphatic carbocycles. The molecule has 4 rings (SSSR count). The fraction of sp³-hybridized carbons (Fsp3) is 0.333. The van der Waals surface area contributed by atoms with Crippen molar-refractivity contribution in [3.8, 4) is 11.5 Å². The van der Waals surface area contributed by atoms with Crippen molar-refractivity contribution in [3.05, 3.63) is 90.2 Å². The molecule has 0 radical (unpaired) electrons. The number of ether oxygens (including phenoxy) is 2. The Bertz CT molecular complexity index is 1160. The van der Waals surface area contributed by atoms with Gasteiger partial charge in [0.15, 0.2) is 0 Å². The molecule has 38 heavy (non-hydrogen) atoms. The van der Waals surface area contributed by atoms with E-state index in [0.717, 1.165) is 31.5 Å². The van der Waals surface area contributed by atoms with Crippen LogP contribution in [0.4, 0.5) is 10.1 Å². The Morgan fingerprint density at radius 2 is 1.58 bits per heavy atom. The van der Waals surface area contributed by atoms with Gasteiger partial charge in [-0.25, -0.2) is 4.39 Å². The average Bonchev–Trinajstić information content (AvgIpc) is 2.92. The number of hydrogen-bond donors (Lipinski definition) is 2. The number of likely N-dealkylation sites (tertiary alicyclic amines) is 1. The number of benzene rings is 3. The van der Waals surface area contributed by atoms with Crippen molar-refractivity contribution in [1.29, 1.82) is 0 Å². The molecule has 0 bridgehead atoms. The van der Waals surface area contributed by atoms with Crippen LogP contribution in [0, 0.1) is 11.7 Å². The van der Waals surface area contributed by atoms with Gasteiger partial charge in [-0.3, -0.25) is 14.5 Å². The van der Waals surface area contributed by atoms with E-state index in [1.807, 2.05) is 30.3 Å². The van der Waals surface area contributed by atoms with Gasteiger partial charge < -0.3 is 20.1 Å². The fourth-order valence-electron chi connectivity index (χ4n) is 4.19. The molecular weight excluding hydrogens is 485 g/mol. The second kappa shape index (κ2) is 13.7. The lowest BCUT2D eigenvalue weighted by atomic mass is 9.99. The Morgan fingerprint density at radius 3 is 2.24 bits per heavy atom. The van der Waals surface area contributed by atoms with Crippen molar-refractivity contribution >= 4 is 17.5 Å². The van der Waals surface area contributed by atoms with Gasteiger partial charge in [-0.05, 0) is 85.9 Å². The van der Waals surface area contributed by atoms with Crippen molar-refractivity contribution in [2.24, 2.45) is 5.92 Å². The number of nitrogens with one attached hydrogen (secondary N) is 2. The number of carbonyl (C=O) groups is 2. The van der Waals surface area contributed by atoms with Crippen LogP contribution in [0.1, 0.15) is 25.3 Å². The second-order valence-electron chi connectivity index (χ2n) is 9.65. The highest BCUT2D eigenvalue weighted by molar-refractivity contribution is 5.97. The normalized spacial score (nSPS) is 15.0. The van der Waals surface area contributed by atoms with E-state index < -0.39 is 6.04 Å². The first-order valence-electron chi connectivity index (χ1n) is 12.9. The number of amides is 2. The Labute approximate surface area is 222 Å². The minimum atomic E-state index is -0.856. The molecular formula is C30H34FN3O4. The number of rotatable bonds is 11. The van der Waals surface area contributed by atoms with Crippen LogP contribution >= 0.6 is 0 Å². The van der Waals surface area contributed by atoms with Gasteiger partial charge in [0.2, 0.25) is 11.8 Å². The van der Waals surface area contributed by atoms with E-state index >= 15 is 0 Å². The van der Waals surface area contributed by atoms with Gasteiger partial charge in [0.1, 0.15) is 23.4 Å². The first-order chi connectivity index (χ1) is 18.4. The molecule has 0 unspecified atom stereocenters. The summed E-state index contributed by atoms with van der Waals surface area (Å²) < 4.78 is 24.6. The summed E-state index contributed by atoms with van der Waals surface area (Å²) in [6, 6.07) is 21.4. The number of anilines is 1. The molecule has 7 nitrogen and oxygen atoms in total. The third-order valence-electron chi connectivity index (χ3n) is 6.46. The second-order valence-corrected chi connectivity index (χ2v) is 9.65. The van der Waals surface area contributed by atoms with Gasteiger partial charge >= 0.3 is 0 Å². The first-order valence-corrected chi connectivity index (χ1v) is 12.9. The van der Waals surface area contributed by atoms with E-state index in [0.29, 0.717) is 29.7 Å². The molecule has 1 aliphatic rings. The lowest BCUT2D eigenvalue weighted by Crippen LogP contribution is -2.50. The number of piperidine rings is 1. The SMILES string of the molecule is CC1CCN(CC(=O)N[C@@H](COCc2ccccc2)C(=O)Nc2ccc(Oc3ccc(F)cc3)cc2)CC1. The quantitative estimate of drug-likeness (QED) is 0.373. The predicted octanol–water partition coefficient (Wildman–Crippen LogP) is 4.99. The van der Waals surface area contributed by atoms with Crippen LogP contribution in [0.3, 0.4) is 0 Å². The molecule has 0 spiro atoms. The van der Waals surface area contributed by atoms with Gasteiger partial charge in [-0.1, -0.05) is 37.3 Å². The molecule has 1 atom stereocenters. The summed E-state index contributed by atoms with van der Waals surface area (Å²) in [5.74, 6) is 0.810. The summed E-state index contributed by atoms with van der Waals surface area (Å²) in [5.41, 5.74) is 1.53. The van der Waals surface area contributed by atoms with Gasteiger partial charge in [-0.15, -0.1) is 0 Å². The molecule has 3 aromatic carbocycles. The van der Waals surface area contributed by atoms with Crippen molar-refractivity contribution in [2.75, 3.05) is 31.6 Å². The van der Waals surface area contributed by atoms with E-state index in [1.54, 1.807) is 24.3 Å². The Balaban J connectivity index is 1.34. The molecule has 1 saturated heterocycles. The van der Waals surface area contributed by atoms with Gasteiger partial charge in [-0.2, -0.15) is 0 Å². The van der Waals surface area contributed by atoms with Crippen LogP contribution in [-0.4, -0.2) is 49.0 Å². The molecule has 2 N–H and O–H groups in total. The monoisotopic (exact) mass is 519 g/mol. The zero-order valence-corrected chi connectivity index (χ0v) is 21.6. The van der Waals surface area contributed by atoms with Crippen LogP contribution < -0.4 is 15.4 Å². The van der Waals surface area contributed by atoms with Crippen molar-refractivity contribution in [3.63, 3.8) is 0 Å². The minimum absolute atomic E-state index is 0.0370. The Hall–Kier alpha value is -3.75. The number of hydrogen-bond acceptors (Lipinski definition) is 5. The largest absolute Gasteiger partial charge is 0.457 e. The topological polar surface area (TPSA) is 79.9 Å². The summed E-state index contributed by atoms with van der Waals surface area (Å²) in [7, 11) is 0. The van der Waals surface area contributed by atoms with E-state index in [-0.39, 0.29) is 30.8 Å². The lowest BCUT2D eigenvalue weighted by Gasteiger charge is -2.30. The van der Waals surface area contributed by atoms with Crippen molar-refractivity contribution in [2.45, 2.75) is 32.4 Å². The number of nitrogens with zero attached hydrogens (tertiary/aromatic N) is 1. The van der Waals surface area contributed by atoms with Gasteiger partial charge in [0, 0.05) is 5.69 Å². The maximum absolute atomic E-state index is 13.1. The van der Waals surface area contributed by atoms with Gasteiger partial charge in [0.25, 0.3) is 0 Å². The predicted molar refractivity (Wildman–Crippen MR) is 144 cm³/mol. The third-order valence-corrected chi connectivity index (χ3v) is 6.46. The van der Waals surface area contributed by atoms with E-state index in [1.165, 1.54) is 24.3 Å². The summed E-state index contributed by atoms with van der Waals surface area (Å²) in [4.78, 5) is 28.1. The zero-order chi connectivity index (χ0) is 26.7. The van der Waals surface area contributed by atoms with Crippen molar-refractivity contribution < 1.29 is 23.5 Å². The maximum Gasteiger partial charge on any atom is 0.249 e. The average molecular weight is 520 g/mol. The van der Waals surface area contributed by atoms with Crippen molar-refractivity contribution in [1.82, 2.24) is 10.2 Å². The zero-order valence-electron chi connectivity index (χ0n) is 21.6. The Kier molecular flexibility index (Phi) is 9.84. The molecule has 1 fully saturated rings. The van der Waals surface area contributed by atoms with Crippen LogP contribution in [0.2, 0.25) is 0 Å². The highest BCUT2D eigenvalue weighted by Crippen LogP contribution is 2.23. The summed E-state index contributed by atoms with van der Waals surface area (Å²) >= 11 is 0. The van der Waals surface area contributed by atoms with E-state index in [4.69, 9.17) is 9.47 Å². The molecule has 0 aromatic heterocycles. The maximum atomic E-state index is 13.1. The van der Waals surface area contributed by atoms with Crippen LogP contribution in [0.5, 0.6) is 11.5 Å². The number of halogens is 1.